The second kappa shape index (κ2) is 11.9. The molecule has 1 aliphatic heterocycles. The van der Waals surface area contributed by atoms with Crippen molar-refractivity contribution in [2.24, 2.45) is 0 Å². The van der Waals surface area contributed by atoms with Crippen LogP contribution in [0.5, 0.6) is 5.75 Å². The fourth-order valence-electron chi connectivity index (χ4n) is 4.59. The smallest absolute Gasteiger partial charge is 0.262 e. The number of carbonyl (C=O) groups is 1. The predicted molar refractivity (Wildman–Crippen MR) is 151 cm³/mol. The maximum absolute atomic E-state index is 12.4. The van der Waals surface area contributed by atoms with Gasteiger partial charge in [-0.05, 0) is 72.9 Å². The number of benzene rings is 2. The number of nitrogens with zero attached hydrogens (tertiary/aromatic N) is 3. The maximum Gasteiger partial charge on any atom is 0.262 e. The molecule has 1 amide bonds. The van der Waals surface area contributed by atoms with Crippen molar-refractivity contribution in [3.63, 3.8) is 0 Å². The van der Waals surface area contributed by atoms with Gasteiger partial charge in [0.1, 0.15) is 11.8 Å². The molecule has 4 aromatic rings. The van der Waals surface area contributed by atoms with Gasteiger partial charge >= 0.3 is 0 Å². The van der Waals surface area contributed by atoms with Gasteiger partial charge < -0.3 is 29.6 Å². The van der Waals surface area contributed by atoms with E-state index in [2.05, 4.69) is 37.3 Å². The largest absolute Gasteiger partial charge is 0.484 e. The number of aromatic nitrogens is 2. The number of methoxy groups -OCH3 is 1. The molecule has 194 valence electrons. The van der Waals surface area contributed by atoms with Crippen molar-refractivity contribution in [1.29, 1.82) is 0 Å². The fourth-order valence-corrected chi connectivity index (χ4v) is 4.94. The Morgan fingerprint density at radius 2 is 1.82 bits per heavy atom. The minimum Gasteiger partial charge on any atom is -0.484 e. The summed E-state index contributed by atoms with van der Waals surface area (Å²) in [6.45, 7) is 1.25. The summed E-state index contributed by atoms with van der Waals surface area (Å²) in [5, 5.41) is 6.98. The van der Waals surface area contributed by atoms with E-state index in [9.17, 15) is 4.79 Å². The number of carbonyl (C=O) groups excluding carboxylic acids is 1. The number of hydrogen-bond acceptors (Lipinski definition) is 5. The van der Waals surface area contributed by atoms with Crippen molar-refractivity contribution in [1.82, 2.24) is 14.9 Å². The summed E-state index contributed by atoms with van der Waals surface area (Å²) in [5.74, 6) is 0.417. The third-order valence-corrected chi connectivity index (χ3v) is 6.66. The minimum atomic E-state index is -0.232. The highest BCUT2D eigenvalue weighted by Crippen LogP contribution is 2.41. The quantitative estimate of drug-likeness (QED) is 0.289. The summed E-state index contributed by atoms with van der Waals surface area (Å²) in [6, 6.07) is 26.7. The second-order valence-corrected chi connectivity index (χ2v) is 9.20. The summed E-state index contributed by atoms with van der Waals surface area (Å²) in [5.41, 5.74) is 3.59. The van der Waals surface area contributed by atoms with Crippen LogP contribution in [0, 0.1) is 0 Å². The lowest BCUT2D eigenvalue weighted by atomic mass is 10.0. The Bertz CT molecular complexity index is 1360. The van der Waals surface area contributed by atoms with Crippen LogP contribution in [0.15, 0.2) is 97.3 Å². The van der Waals surface area contributed by atoms with Gasteiger partial charge in [0.25, 0.3) is 5.91 Å². The lowest BCUT2D eigenvalue weighted by Crippen LogP contribution is -2.30. The maximum atomic E-state index is 12.4. The molecule has 0 bridgehead atoms. The van der Waals surface area contributed by atoms with E-state index in [1.807, 2.05) is 78.9 Å². The van der Waals surface area contributed by atoms with Crippen LogP contribution in [0.3, 0.4) is 0 Å². The van der Waals surface area contributed by atoms with Crippen molar-refractivity contribution < 1.29 is 14.3 Å². The Kier molecular flexibility index (Phi) is 7.96. The molecule has 1 aliphatic rings. The lowest BCUT2D eigenvalue weighted by Gasteiger charge is -2.29. The average molecular weight is 528 g/mol. The van der Waals surface area contributed by atoms with Gasteiger partial charge in [-0.2, -0.15) is 0 Å². The number of pyridine rings is 1. The Balaban J connectivity index is 1.37. The molecule has 1 saturated heterocycles. The molecular weight excluding hydrogens is 498 g/mol. The number of thiocarbonyl (C=S) groups is 1. The van der Waals surface area contributed by atoms with Crippen molar-refractivity contribution in [2.45, 2.75) is 18.6 Å². The number of ether oxygens (including phenoxy) is 2. The lowest BCUT2D eigenvalue weighted by molar-refractivity contribution is -0.118. The van der Waals surface area contributed by atoms with Crippen LogP contribution in [0.2, 0.25) is 0 Å². The number of rotatable bonds is 10. The molecule has 0 saturated carbocycles. The zero-order valence-corrected chi connectivity index (χ0v) is 21.8. The van der Waals surface area contributed by atoms with Gasteiger partial charge in [-0.15, -0.1) is 0 Å². The van der Waals surface area contributed by atoms with Crippen LogP contribution in [-0.2, 0) is 16.1 Å². The monoisotopic (exact) mass is 527 g/mol. The highest BCUT2D eigenvalue weighted by atomic mass is 32.1. The molecule has 3 heterocycles. The minimum absolute atomic E-state index is 0.0712. The van der Waals surface area contributed by atoms with Crippen LogP contribution in [0.25, 0.3) is 0 Å². The zero-order valence-electron chi connectivity index (χ0n) is 21.0. The van der Waals surface area contributed by atoms with E-state index in [1.165, 1.54) is 0 Å². The first-order chi connectivity index (χ1) is 18.6. The normalized spacial score (nSPS) is 16.8. The van der Waals surface area contributed by atoms with Crippen LogP contribution in [-0.4, -0.2) is 40.9 Å². The molecule has 2 atom stereocenters. The molecule has 2 aromatic carbocycles. The Morgan fingerprint density at radius 3 is 2.55 bits per heavy atom. The van der Waals surface area contributed by atoms with Gasteiger partial charge in [-0.25, -0.2) is 0 Å². The topological polar surface area (TPSA) is 80.7 Å². The molecule has 2 N–H and O–H groups in total. The van der Waals surface area contributed by atoms with E-state index < -0.39 is 0 Å². The van der Waals surface area contributed by atoms with Crippen molar-refractivity contribution >= 4 is 34.6 Å². The summed E-state index contributed by atoms with van der Waals surface area (Å²) in [4.78, 5) is 19.1. The number of amides is 1. The first-order valence-corrected chi connectivity index (χ1v) is 12.8. The molecular formula is C29H29N5O3S. The first kappa shape index (κ1) is 25.4. The number of nitrogens with one attached hydrogen (secondary N) is 2. The Hall–Kier alpha value is -4.21. The van der Waals surface area contributed by atoms with E-state index in [-0.39, 0.29) is 24.6 Å². The van der Waals surface area contributed by atoms with Gasteiger partial charge in [0, 0.05) is 43.1 Å². The number of anilines is 2. The first-order valence-electron chi connectivity index (χ1n) is 12.4. The standard InChI is InChI=1S/C29H29N5O3S/c1-36-19-18-33-17-7-11-25(33)28-27(24-10-5-6-16-30-24)32-29(38)34(28)22-14-12-21(13-15-22)31-26(35)20-37-23-8-3-2-4-9-23/h2-17,27-28H,18-20H2,1H3,(H,31,35)(H,32,38)/t27-,28+/m0/s1. The van der Waals surface area contributed by atoms with E-state index in [0.717, 1.165) is 23.6 Å². The van der Waals surface area contributed by atoms with Crippen LogP contribution in [0.4, 0.5) is 11.4 Å². The van der Waals surface area contributed by atoms with Gasteiger partial charge in [0.15, 0.2) is 11.7 Å². The summed E-state index contributed by atoms with van der Waals surface area (Å²) >= 11 is 5.83. The highest BCUT2D eigenvalue weighted by molar-refractivity contribution is 7.80. The molecule has 0 radical (unpaired) electrons. The van der Waals surface area contributed by atoms with E-state index in [1.54, 1.807) is 13.3 Å². The van der Waals surface area contributed by atoms with E-state index in [0.29, 0.717) is 23.2 Å². The third kappa shape index (κ3) is 5.69. The van der Waals surface area contributed by atoms with Crippen LogP contribution >= 0.6 is 12.2 Å². The summed E-state index contributed by atoms with van der Waals surface area (Å²) < 4.78 is 13.1. The zero-order chi connectivity index (χ0) is 26.3. The second-order valence-electron chi connectivity index (χ2n) is 8.81. The Morgan fingerprint density at radius 1 is 1.03 bits per heavy atom. The highest BCUT2D eigenvalue weighted by Gasteiger charge is 2.42. The number of hydrogen-bond donors (Lipinski definition) is 2. The summed E-state index contributed by atoms with van der Waals surface area (Å²) in [7, 11) is 1.70. The SMILES string of the molecule is COCCn1cccc1[C@@H]1[C@H](c2ccccn2)NC(=S)N1c1ccc(NC(=O)COc2ccccc2)cc1. The van der Waals surface area contributed by atoms with Crippen molar-refractivity contribution in [2.75, 3.05) is 30.5 Å². The van der Waals surface area contributed by atoms with Gasteiger partial charge in [-0.3, -0.25) is 9.78 Å². The predicted octanol–water partition coefficient (Wildman–Crippen LogP) is 4.72. The molecule has 9 heteroatoms. The molecule has 5 rings (SSSR count). The van der Waals surface area contributed by atoms with Gasteiger partial charge in [0.2, 0.25) is 0 Å². The Labute approximate surface area is 227 Å². The van der Waals surface area contributed by atoms with Crippen LogP contribution < -0.4 is 20.3 Å². The summed E-state index contributed by atoms with van der Waals surface area (Å²) in [6.07, 6.45) is 3.85. The third-order valence-electron chi connectivity index (χ3n) is 6.34. The number of para-hydroxylation sites is 1. The average Bonchev–Trinajstić information content (AvgIpc) is 3.56. The fraction of sp³-hybridized carbons (Fsp3) is 0.207. The van der Waals surface area contributed by atoms with Gasteiger partial charge in [0.05, 0.1) is 18.3 Å². The molecule has 8 nitrogen and oxygen atoms in total. The van der Waals surface area contributed by atoms with E-state index >= 15 is 0 Å². The molecule has 0 unspecified atom stereocenters. The van der Waals surface area contributed by atoms with Crippen molar-refractivity contribution in [3.05, 3.63) is 109 Å². The molecule has 0 aliphatic carbocycles. The molecule has 1 fully saturated rings. The molecule has 0 spiro atoms. The van der Waals surface area contributed by atoms with E-state index in [4.69, 9.17) is 21.7 Å². The van der Waals surface area contributed by atoms with Crippen molar-refractivity contribution in [3.8, 4) is 5.75 Å². The molecule has 38 heavy (non-hydrogen) atoms. The van der Waals surface area contributed by atoms with Crippen LogP contribution in [0.1, 0.15) is 23.5 Å². The van der Waals surface area contributed by atoms with Gasteiger partial charge in [-0.1, -0.05) is 24.3 Å². The molecule has 2 aromatic heterocycles.